The summed E-state index contributed by atoms with van der Waals surface area (Å²) in [6.45, 7) is 0. The van der Waals surface area contributed by atoms with Crippen molar-refractivity contribution in [3.63, 3.8) is 0 Å². The van der Waals surface area contributed by atoms with Gasteiger partial charge in [0.05, 0.1) is 15.6 Å². The SMILES string of the molecule is Nc1noc(-c2ccccc2Br)c1-c1c(Cl)cccc1Cl. The fourth-order valence-electron chi connectivity index (χ4n) is 2.11. The molecule has 21 heavy (non-hydrogen) atoms. The van der Waals surface area contributed by atoms with Crippen molar-refractivity contribution in [3.05, 3.63) is 57.0 Å². The van der Waals surface area contributed by atoms with Crippen molar-refractivity contribution in [2.75, 3.05) is 5.73 Å². The van der Waals surface area contributed by atoms with Crippen molar-refractivity contribution in [1.82, 2.24) is 5.16 Å². The monoisotopic (exact) mass is 382 g/mol. The lowest BCUT2D eigenvalue weighted by molar-refractivity contribution is 0.436. The van der Waals surface area contributed by atoms with E-state index in [-0.39, 0.29) is 5.82 Å². The summed E-state index contributed by atoms with van der Waals surface area (Å²) in [4.78, 5) is 0. The Morgan fingerprint density at radius 2 is 1.62 bits per heavy atom. The Bertz CT molecular complexity index is 797. The van der Waals surface area contributed by atoms with Gasteiger partial charge in [0, 0.05) is 15.6 Å². The minimum atomic E-state index is 0.246. The minimum absolute atomic E-state index is 0.246. The summed E-state index contributed by atoms with van der Waals surface area (Å²) in [5, 5.41) is 4.84. The molecular formula is C15H9BrCl2N2O. The van der Waals surface area contributed by atoms with Crippen LogP contribution in [0, 0.1) is 0 Å². The van der Waals surface area contributed by atoms with Crippen LogP contribution in [0.5, 0.6) is 0 Å². The molecule has 106 valence electrons. The third-order valence-corrected chi connectivity index (χ3v) is 4.37. The molecule has 3 aromatic rings. The predicted molar refractivity (Wildman–Crippen MR) is 89.5 cm³/mol. The summed E-state index contributed by atoms with van der Waals surface area (Å²) in [7, 11) is 0. The van der Waals surface area contributed by atoms with Crippen LogP contribution >= 0.6 is 39.1 Å². The number of halogens is 3. The van der Waals surface area contributed by atoms with Gasteiger partial charge in [-0.1, -0.05) is 62.5 Å². The highest BCUT2D eigenvalue weighted by atomic mass is 79.9. The van der Waals surface area contributed by atoms with Crippen LogP contribution < -0.4 is 5.73 Å². The molecule has 0 aliphatic carbocycles. The zero-order valence-corrected chi connectivity index (χ0v) is 13.7. The van der Waals surface area contributed by atoms with Crippen LogP contribution in [0.1, 0.15) is 0 Å². The second-order valence-corrected chi connectivity index (χ2v) is 6.02. The first kappa shape index (κ1) is 14.4. The number of hydrogen-bond acceptors (Lipinski definition) is 3. The number of rotatable bonds is 2. The van der Waals surface area contributed by atoms with Gasteiger partial charge in [0.15, 0.2) is 11.6 Å². The van der Waals surface area contributed by atoms with Crippen LogP contribution in [0.3, 0.4) is 0 Å². The Morgan fingerprint density at radius 1 is 0.952 bits per heavy atom. The molecule has 0 amide bonds. The lowest BCUT2D eigenvalue weighted by Crippen LogP contribution is -1.91. The third kappa shape index (κ3) is 2.55. The van der Waals surface area contributed by atoms with E-state index in [1.165, 1.54) is 0 Å². The van der Waals surface area contributed by atoms with Gasteiger partial charge >= 0.3 is 0 Å². The second-order valence-electron chi connectivity index (χ2n) is 4.35. The van der Waals surface area contributed by atoms with Crippen molar-refractivity contribution in [2.45, 2.75) is 0 Å². The molecule has 1 aromatic heterocycles. The highest BCUT2D eigenvalue weighted by molar-refractivity contribution is 9.10. The fourth-order valence-corrected chi connectivity index (χ4v) is 3.16. The fraction of sp³-hybridized carbons (Fsp3) is 0. The van der Waals surface area contributed by atoms with E-state index < -0.39 is 0 Å². The second kappa shape index (κ2) is 5.72. The van der Waals surface area contributed by atoms with E-state index in [0.717, 1.165) is 10.0 Å². The molecule has 0 atom stereocenters. The van der Waals surface area contributed by atoms with Gasteiger partial charge < -0.3 is 10.3 Å². The molecule has 2 N–H and O–H groups in total. The van der Waals surface area contributed by atoms with E-state index in [9.17, 15) is 0 Å². The van der Waals surface area contributed by atoms with Crippen LogP contribution in [0.15, 0.2) is 51.5 Å². The first-order valence-corrected chi connectivity index (χ1v) is 7.59. The summed E-state index contributed by atoms with van der Waals surface area (Å²) >= 11 is 16.0. The molecule has 0 spiro atoms. The molecule has 0 unspecified atom stereocenters. The normalized spacial score (nSPS) is 10.8. The number of nitrogens with zero attached hydrogens (tertiary/aromatic N) is 1. The largest absolute Gasteiger partial charge is 0.380 e. The maximum Gasteiger partial charge on any atom is 0.178 e. The third-order valence-electron chi connectivity index (χ3n) is 3.05. The summed E-state index contributed by atoms with van der Waals surface area (Å²) in [5.41, 5.74) is 8.00. The molecule has 0 bridgehead atoms. The molecule has 0 aliphatic heterocycles. The maximum absolute atomic E-state index is 6.27. The van der Waals surface area contributed by atoms with Gasteiger partial charge in [0.1, 0.15) is 0 Å². The molecular weight excluding hydrogens is 375 g/mol. The van der Waals surface area contributed by atoms with Crippen molar-refractivity contribution < 1.29 is 4.52 Å². The molecule has 2 aromatic carbocycles. The van der Waals surface area contributed by atoms with E-state index >= 15 is 0 Å². The predicted octanol–water partition coefficient (Wildman–Crippen LogP) is 5.66. The summed E-state index contributed by atoms with van der Waals surface area (Å²) in [6.07, 6.45) is 0. The molecule has 3 rings (SSSR count). The van der Waals surface area contributed by atoms with Gasteiger partial charge in [-0.2, -0.15) is 0 Å². The van der Waals surface area contributed by atoms with Crippen molar-refractivity contribution in [1.29, 1.82) is 0 Å². The lowest BCUT2D eigenvalue weighted by atomic mass is 10.0. The zero-order chi connectivity index (χ0) is 15.0. The lowest BCUT2D eigenvalue weighted by Gasteiger charge is -2.08. The van der Waals surface area contributed by atoms with E-state index in [2.05, 4.69) is 21.1 Å². The molecule has 0 saturated heterocycles. The summed E-state index contributed by atoms with van der Waals surface area (Å²) < 4.78 is 6.27. The smallest absolute Gasteiger partial charge is 0.178 e. The van der Waals surface area contributed by atoms with Crippen LogP contribution in [-0.2, 0) is 0 Å². The molecule has 0 fully saturated rings. The van der Waals surface area contributed by atoms with Gasteiger partial charge in [-0.25, -0.2) is 0 Å². The van der Waals surface area contributed by atoms with Crippen LogP contribution in [-0.4, -0.2) is 5.16 Å². The van der Waals surface area contributed by atoms with Crippen molar-refractivity contribution in [2.24, 2.45) is 0 Å². The van der Waals surface area contributed by atoms with Gasteiger partial charge in [-0.05, 0) is 24.3 Å². The average molecular weight is 384 g/mol. The first-order chi connectivity index (χ1) is 10.1. The highest BCUT2D eigenvalue weighted by Crippen LogP contribution is 2.44. The Balaban J connectivity index is 2.31. The van der Waals surface area contributed by atoms with Crippen LogP contribution in [0.2, 0.25) is 10.0 Å². The van der Waals surface area contributed by atoms with Crippen molar-refractivity contribution >= 4 is 44.9 Å². The topological polar surface area (TPSA) is 52.0 Å². The van der Waals surface area contributed by atoms with E-state index in [1.54, 1.807) is 18.2 Å². The molecule has 1 heterocycles. The number of aromatic nitrogens is 1. The minimum Gasteiger partial charge on any atom is -0.380 e. The van der Waals surface area contributed by atoms with Crippen LogP contribution in [0.4, 0.5) is 5.82 Å². The molecule has 0 radical (unpaired) electrons. The highest BCUT2D eigenvalue weighted by Gasteiger charge is 2.23. The van der Waals surface area contributed by atoms with Crippen molar-refractivity contribution in [3.8, 4) is 22.5 Å². The van der Waals surface area contributed by atoms with E-state index in [1.807, 2.05) is 24.3 Å². The van der Waals surface area contributed by atoms with Gasteiger partial charge in [0.25, 0.3) is 0 Å². The number of hydrogen-bond donors (Lipinski definition) is 1. The molecule has 0 aliphatic rings. The van der Waals surface area contributed by atoms with Crippen LogP contribution in [0.25, 0.3) is 22.5 Å². The zero-order valence-electron chi connectivity index (χ0n) is 10.6. The Hall–Kier alpha value is -1.49. The molecule has 3 nitrogen and oxygen atoms in total. The summed E-state index contributed by atoms with van der Waals surface area (Å²) in [5.74, 6) is 0.769. The van der Waals surface area contributed by atoms with Gasteiger partial charge in [0.2, 0.25) is 0 Å². The Labute approximate surface area is 139 Å². The maximum atomic E-state index is 6.27. The standard InChI is InChI=1S/C15H9BrCl2N2O/c16-9-5-2-1-4-8(9)14-13(15(19)20-21-14)12-10(17)6-3-7-11(12)18/h1-7H,(H2,19,20). The van der Waals surface area contributed by atoms with Gasteiger partial charge in [-0.15, -0.1) is 0 Å². The molecule has 0 saturated carbocycles. The Morgan fingerprint density at radius 3 is 2.29 bits per heavy atom. The Kier molecular flexibility index (Phi) is 3.93. The number of anilines is 1. The number of nitrogens with two attached hydrogens (primary N) is 1. The van der Waals surface area contributed by atoms with Gasteiger partial charge in [-0.3, -0.25) is 0 Å². The quantitative estimate of drug-likeness (QED) is 0.621. The molecule has 6 heteroatoms. The average Bonchev–Trinajstić information content (AvgIpc) is 2.81. The van der Waals surface area contributed by atoms with E-state index in [4.69, 9.17) is 33.5 Å². The number of benzene rings is 2. The number of nitrogen functional groups attached to an aromatic ring is 1. The first-order valence-electron chi connectivity index (χ1n) is 6.04. The van der Waals surface area contributed by atoms with E-state index in [0.29, 0.717) is 26.9 Å². The summed E-state index contributed by atoms with van der Waals surface area (Å²) in [6, 6.07) is 12.9.